The smallest absolute Gasteiger partial charge is 0.354 e. The van der Waals surface area contributed by atoms with Crippen LogP contribution in [-0.4, -0.2) is 56.8 Å². The first-order valence-electron chi connectivity index (χ1n) is 12.2. The molecule has 0 bridgehead atoms. The molecule has 1 aliphatic carbocycles. The molecule has 212 valence electrons. The minimum atomic E-state index is -4.61. The van der Waals surface area contributed by atoms with E-state index in [0.29, 0.717) is 25.3 Å². The van der Waals surface area contributed by atoms with E-state index in [-0.39, 0.29) is 28.2 Å². The van der Waals surface area contributed by atoms with E-state index in [1.165, 1.54) is 36.9 Å². The zero-order valence-corrected chi connectivity index (χ0v) is 23.0. The van der Waals surface area contributed by atoms with Gasteiger partial charge in [0.25, 0.3) is 5.91 Å². The Kier molecular flexibility index (Phi) is 10.1. The third-order valence-electron chi connectivity index (χ3n) is 6.45. The summed E-state index contributed by atoms with van der Waals surface area (Å²) in [6, 6.07) is 9.54. The Bertz CT molecular complexity index is 1300. The van der Waals surface area contributed by atoms with Crippen LogP contribution in [0, 0.1) is 5.92 Å². The molecule has 3 rings (SSSR count). The fraction of sp³-hybridized carbons (Fsp3) is 0.423. The van der Waals surface area contributed by atoms with Gasteiger partial charge in [0.05, 0.1) is 22.8 Å². The van der Waals surface area contributed by atoms with E-state index in [9.17, 15) is 36.0 Å². The Labute approximate surface area is 229 Å². The Hall–Kier alpha value is -3.06. The van der Waals surface area contributed by atoms with Gasteiger partial charge in [-0.1, -0.05) is 6.07 Å². The predicted octanol–water partition coefficient (Wildman–Crippen LogP) is 3.42. The topological polar surface area (TPSA) is 121 Å². The van der Waals surface area contributed by atoms with E-state index in [0.717, 1.165) is 17.0 Å². The Balaban J connectivity index is 1.67. The molecule has 0 heterocycles. The van der Waals surface area contributed by atoms with E-state index >= 15 is 0 Å². The van der Waals surface area contributed by atoms with Crippen molar-refractivity contribution in [2.24, 2.45) is 5.92 Å². The first kappa shape index (κ1) is 30.5. The Morgan fingerprint density at radius 2 is 1.72 bits per heavy atom. The molecule has 1 fully saturated rings. The van der Waals surface area contributed by atoms with E-state index in [1.54, 1.807) is 12.1 Å². The number of halogens is 3. The molecule has 1 saturated carbocycles. The van der Waals surface area contributed by atoms with Gasteiger partial charge in [0.15, 0.2) is 9.84 Å². The molecule has 2 aromatic carbocycles. The largest absolute Gasteiger partial charge is 0.416 e. The van der Waals surface area contributed by atoms with Gasteiger partial charge in [0, 0.05) is 29.5 Å². The molecule has 2 aromatic rings. The summed E-state index contributed by atoms with van der Waals surface area (Å²) in [6.45, 7) is 0.871. The van der Waals surface area contributed by atoms with Crippen molar-refractivity contribution < 1.29 is 36.0 Å². The molecule has 3 amide bonds. The number of benzene rings is 2. The lowest BCUT2D eigenvalue weighted by atomic mass is 9.82. The van der Waals surface area contributed by atoms with Crippen molar-refractivity contribution in [2.45, 2.75) is 54.2 Å². The third-order valence-corrected chi connectivity index (χ3v) is 9.05. The van der Waals surface area contributed by atoms with Crippen molar-refractivity contribution >= 4 is 39.3 Å². The molecule has 13 heteroatoms. The fourth-order valence-corrected chi connectivity index (χ4v) is 6.66. The first-order valence-corrected chi connectivity index (χ1v) is 15.0. The molecule has 0 saturated heterocycles. The van der Waals surface area contributed by atoms with Gasteiger partial charge in [-0.3, -0.25) is 14.4 Å². The van der Waals surface area contributed by atoms with Gasteiger partial charge in [-0.2, -0.15) is 13.2 Å². The summed E-state index contributed by atoms with van der Waals surface area (Å²) in [4.78, 5) is 37.6. The highest BCUT2D eigenvalue weighted by Gasteiger charge is 2.35. The Morgan fingerprint density at radius 1 is 1.03 bits per heavy atom. The van der Waals surface area contributed by atoms with Crippen molar-refractivity contribution in [1.82, 2.24) is 16.0 Å². The molecule has 8 nitrogen and oxygen atoms in total. The monoisotopic (exact) mass is 585 g/mol. The maximum absolute atomic E-state index is 13.2. The highest BCUT2D eigenvalue weighted by molar-refractivity contribution is 7.98. The average molecular weight is 586 g/mol. The van der Waals surface area contributed by atoms with Crippen molar-refractivity contribution in [1.29, 1.82) is 0 Å². The quantitative estimate of drug-likeness (QED) is 0.388. The highest BCUT2D eigenvalue weighted by atomic mass is 32.2. The minimum Gasteiger partial charge on any atom is -0.354 e. The van der Waals surface area contributed by atoms with Crippen LogP contribution in [0.3, 0.4) is 0 Å². The van der Waals surface area contributed by atoms with Gasteiger partial charge in [-0.05, 0) is 73.9 Å². The Morgan fingerprint density at radius 3 is 2.33 bits per heavy atom. The van der Waals surface area contributed by atoms with Gasteiger partial charge in [0.1, 0.15) is 0 Å². The maximum Gasteiger partial charge on any atom is 0.416 e. The second-order valence-electron chi connectivity index (χ2n) is 9.36. The second kappa shape index (κ2) is 12.9. The summed E-state index contributed by atoms with van der Waals surface area (Å²) in [5, 5.41) is 7.88. The van der Waals surface area contributed by atoms with Crippen LogP contribution in [0.25, 0.3) is 0 Å². The highest BCUT2D eigenvalue weighted by Crippen LogP contribution is 2.30. The number of thioether (sulfide) groups is 1. The summed E-state index contributed by atoms with van der Waals surface area (Å²) in [5.74, 6) is -2.48. The third kappa shape index (κ3) is 8.72. The van der Waals surface area contributed by atoms with E-state index in [4.69, 9.17) is 0 Å². The van der Waals surface area contributed by atoms with Gasteiger partial charge in [0.2, 0.25) is 11.8 Å². The molecule has 0 radical (unpaired) electrons. The summed E-state index contributed by atoms with van der Waals surface area (Å²) in [7, 11) is -3.72. The maximum atomic E-state index is 13.2. The van der Waals surface area contributed by atoms with E-state index < -0.39 is 51.9 Å². The van der Waals surface area contributed by atoms with Crippen LogP contribution < -0.4 is 16.0 Å². The number of hydrogen-bond donors (Lipinski definition) is 3. The lowest BCUT2D eigenvalue weighted by Crippen LogP contribution is -2.52. The SMILES string of the molecule is CSc1ccc(S(=O)(=O)C[C@@H]2C[C@H](NC(C)=O)CC[C@@H]2NC(=O)CNC(=O)c2cccc(C(F)(F)F)c2)cc1. The lowest BCUT2D eigenvalue weighted by molar-refractivity contribution is -0.137. The number of nitrogens with one attached hydrogen (secondary N) is 3. The summed E-state index contributed by atoms with van der Waals surface area (Å²) in [5.41, 5.74) is -1.23. The number of sulfone groups is 1. The number of carbonyl (C=O) groups excluding carboxylic acids is 3. The van der Waals surface area contributed by atoms with E-state index in [1.807, 2.05) is 6.26 Å². The van der Waals surface area contributed by atoms with Crippen molar-refractivity contribution in [3.05, 3.63) is 59.7 Å². The predicted molar refractivity (Wildman–Crippen MR) is 141 cm³/mol. The molecular weight excluding hydrogens is 555 g/mol. The fourth-order valence-electron chi connectivity index (χ4n) is 4.58. The molecule has 39 heavy (non-hydrogen) atoms. The van der Waals surface area contributed by atoms with Crippen molar-refractivity contribution in [3.8, 4) is 0 Å². The lowest BCUT2D eigenvalue weighted by Gasteiger charge is -2.36. The standard InChI is InChI=1S/C26H30F3N3O5S2/c1-16(33)31-20-6-11-23(18(13-20)15-39(36,37)22-9-7-21(38-2)8-10-22)32-24(34)14-30-25(35)17-4-3-5-19(12-17)26(27,28)29/h3-5,7-10,12,18,20,23H,6,11,13-15H2,1-2H3,(H,30,35)(H,31,33)(H,32,34)/t18-,20+,23-/m0/s1. The normalized spacial score (nSPS) is 19.7. The van der Waals surface area contributed by atoms with Gasteiger partial charge in [-0.25, -0.2) is 8.42 Å². The second-order valence-corrected chi connectivity index (χ2v) is 12.3. The van der Waals surface area contributed by atoms with Crippen LogP contribution in [0.4, 0.5) is 13.2 Å². The van der Waals surface area contributed by atoms with Crippen LogP contribution in [0.15, 0.2) is 58.3 Å². The average Bonchev–Trinajstić information content (AvgIpc) is 2.88. The number of alkyl halides is 3. The number of carbonyl (C=O) groups is 3. The number of amides is 3. The zero-order valence-electron chi connectivity index (χ0n) is 21.4. The summed E-state index contributed by atoms with van der Waals surface area (Å²) in [6.07, 6.45) is -1.51. The van der Waals surface area contributed by atoms with Gasteiger partial charge in [-0.15, -0.1) is 11.8 Å². The van der Waals surface area contributed by atoms with Gasteiger partial charge >= 0.3 is 6.18 Å². The molecule has 0 aliphatic heterocycles. The molecule has 0 spiro atoms. The number of rotatable bonds is 9. The van der Waals surface area contributed by atoms with Crippen LogP contribution in [0.2, 0.25) is 0 Å². The molecular formula is C26H30F3N3O5S2. The van der Waals surface area contributed by atoms with E-state index in [2.05, 4.69) is 16.0 Å². The molecule has 3 N–H and O–H groups in total. The molecule has 1 aliphatic rings. The molecule has 3 atom stereocenters. The van der Waals surface area contributed by atoms with Crippen LogP contribution >= 0.6 is 11.8 Å². The van der Waals surface area contributed by atoms with Crippen molar-refractivity contribution in [3.63, 3.8) is 0 Å². The molecule has 0 unspecified atom stereocenters. The van der Waals surface area contributed by atoms with Gasteiger partial charge < -0.3 is 16.0 Å². The zero-order chi connectivity index (χ0) is 28.8. The molecule has 0 aromatic heterocycles. The van der Waals surface area contributed by atoms with Crippen molar-refractivity contribution in [2.75, 3.05) is 18.6 Å². The first-order chi connectivity index (χ1) is 18.3. The summed E-state index contributed by atoms with van der Waals surface area (Å²) >= 11 is 1.48. The summed E-state index contributed by atoms with van der Waals surface area (Å²) < 4.78 is 65.2. The van der Waals surface area contributed by atoms with Crippen LogP contribution in [0.1, 0.15) is 42.1 Å². The minimum absolute atomic E-state index is 0.153. The van der Waals surface area contributed by atoms with Crippen LogP contribution in [0.5, 0.6) is 0 Å². The number of hydrogen-bond acceptors (Lipinski definition) is 6. The van der Waals surface area contributed by atoms with Crippen LogP contribution in [-0.2, 0) is 25.6 Å².